The quantitative estimate of drug-likeness (QED) is 0.556. The fraction of sp³-hybridized carbons (Fsp3) is 0.375. The van der Waals surface area contributed by atoms with Crippen LogP contribution in [0.3, 0.4) is 0 Å². The minimum Gasteiger partial charge on any atom is -0.508 e. The normalized spacial score (nSPS) is 27.6. The number of benzene rings is 2. The molecule has 0 spiro atoms. The molecule has 0 radical (unpaired) electrons. The van der Waals surface area contributed by atoms with Crippen LogP contribution in [0, 0.1) is 11.8 Å². The van der Waals surface area contributed by atoms with Gasteiger partial charge in [0.1, 0.15) is 11.3 Å². The highest BCUT2D eigenvalue weighted by Crippen LogP contribution is 2.51. The highest BCUT2D eigenvalue weighted by Gasteiger charge is 2.69. The summed E-state index contributed by atoms with van der Waals surface area (Å²) < 4.78 is 0.856. The molecule has 0 saturated carbocycles. The number of hydrogen-bond donors (Lipinski definition) is 3. The van der Waals surface area contributed by atoms with Crippen LogP contribution in [-0.2, 0) is 20.8 Å². The van der Waals surface area contributed by atoms with Crippen LogP contribution in [0.1, 0.15) is 37.9 Å². The molecule has 3 N–H and O–H groups in total. The van der Waals surface area contributed by atoms with E-state index in [2.05, 4.69) is 21.2 Å². The molecule has 4 atom stereocenters. The van der Waals surface area contributed by atoms with Crippen molar-refractivity contribution < 1.29 is 24.6 Å². The van der Waals surface area contributed by atoms with E-state index < -0.39 is 40.8 Å². The van der Waals surface area contributed by atoms with Crippen LogP contribution in [0.4, 0.5) is 0 Å². The molecule has 0 bridgehead atoms. The summed E-state index contributed by atoms with van der Waals surface area (Å²) in [7, 11) is 0. The Bertz CT molecular complexity index is 1080. The largest absolute Gasteiger partial charge is 0.508 e. The number of rotatable bonds is 4. The van der Waals surface area contributed by atoms with Crippen LogP contribution in [0.5, 0.6) is 5.75 Å². The number of carboxylic acid groups (broad SMARTS) is 1. The Labute approximate surface area is 194 Å². The van der Waals surface area contributed by atoms with Crippen LogP contribution in [0.25, 0.3) is 0 Å². The minimum atomic E-state index is -1.67. The van der Waals surface area contributed by atoms with E-state index in [9.17, 15) is 24.6 Å². The summed E-state index contributed by atoms with van der Waals surface area (Å²) in [4.78, 5) is 41.1. The molecule has 2 fully saturated rings. The predicted molar refractivity (Wildman–Crippen MR) is 121 cm³/mol. The third kappa shape index (κ3) is 3.51. The van der Waals surface area contributed by atoms with Crippen molar-refractivity contribution in [2.45, 2.75) is 44.3 Å². The number of nitrogens with one attached hydrogen (secondary N) is 1. The number of amides is 2. The summed E-state index contributed by atoms with van der Waals surface area (Å²) in [6.07, 6.45) is -0.00614. The number of phenols is 1. The van der Waals surface area contributed by atoms with Crippen LogP contribution < -0.4 is 5.32 Å². The molecule has 2 aromatic rings. The smallest absolute Gasteiger partial charge is 0.325 e. The molecule has 8 heteroatoms. The summed E-state index contributed by atoms with van der Waals surface area (Å²) in [6, 6.07) is 12.9. The first-order valence-electron chi connectivity index (χ1n) is 10.4. The molecule has 0 aromatic heterocycles. The fourth-order valence-electron chi connectivity index (χ4n) is 4.99. The average Bonchev–Trinajstić information content (AvgIpc) is 3.19. The van der Waals surface area contributed by atoms with Crippen molar-refractivity contribution in [3.8, 4) is 5.75 Å². The second kappa shape index (κ2) is 7.71. The van der Waals surface area contributed by atoms with E-state index in [1.165, 1.54) is 17.0 Å². The van der Waals surface area contributed by atoms with E-state index >= 15 is 0 Å². The average molecular weight is 501 g/mol. The fourth-order valence-corrected chi connectivity index (χ4v) is 5.26. The molecule has 0 aliphatic carbocycles. The first-order chi connectivity index (χ1) is 15.0. The van der Waals surface area contributed by atoms with Gasteiger partial charge in [-0.2, -0.15) is 0 Å². The van der Waals surface area contributed by atoms with Crippen molar-refractivity contribution >= 4 is 33.7 Å². The van der Waals surface area contributed by atoms with E-state index in [4.69, 9.17) is 0 Å². The highest BCUT2D eigenvalue weighted by molar-refractivity contribution is 9.10. The van der Waals surface area contributed by atoms with E-state index in [0.29, 0.717) is 5.56 Å². The van der Waals surface area contributed by atoms with Crippen molar-refractivity contribution in [3.63, 3.8) is 0 Å². The lowest BCUT2D eigenvalue weighted by atomic mass is 9.76. The van der Waals surface area contributed by atoms with Gasteiger partial charge < -0.3 is 10.2 Å². The molecule has 168 valence electrons. The molecular weight excluding hydrogens is 476 g/mol. The monoisotopic (exact) mass is 500 g/mol. The number of phenolic OH excluding ortho intramolecular Hbond substituents is 1. The SMILES string of the molecule is CC(C)(C)N1C(=O)C2C(c3ccc(Br)cc3)NC(Cc3ccc(O)cc3)(C(=O)O)C2C1=O. The van der Waals surface area contributed by atoms with Gasteiger partial charge in [0.25, 0.3) is 0 Å². The zero-order valence-corrected chi connectivity index (χ0v) is 19.6. The van der Waals surface area contributed by atoms with Gasteiger partial charge in [-0.15, -0.1) is 0 Å². The Morgan fingerprint density at radius 2 is 1.66 bits per heavy atom. The third-order valence-electron chi connectivity index (χ3n) is 6.36. The summed E-state index contributed by atoms with van der Waals surface area (Å²) >= 11 is 3.40. The zero-order valence-electron chi connectivity index (χ0n) is 18.0. The van der Waals surface area contributed by atoms with Crippen molar-refractivity contribution in [2.24, 2.45) is 11.8 Å². The van der Waals surface area contributed by atoms with Gasteiger partial charge in [0.15, 0.2) is 0 Å². The summed E-state index contributed by atoms with van der Waals surface area (Å²) in [5.74, 6) is -3.85. The van der Waals surface area contributed by atoms with Crippen molar-refractivity contribution in [1.82, 2.24) is 10.2 Å². The van der Waals surface area contributed by atoms with Gasteiger partial charge in [0.05, 0.1) is 11.8 Å². The molecule has 32 heavy (non-hydrogen) atoms. The lowest BCUT2D eigenvalue weighted by Gasteiger charge is -2.35. The lowest BCUT2D eigenvalue weighted by Crippen LogP contribution is -2.58. The Morgan fingerprint density at radius 3 is 2.19 bits per heavy atom. The lowest BCUT2D eigenvalue weighted by molar-refractivity contribution is -0.153. The van der Waals surface area contributed by atoms with Crippen LogP contribution in [0.15, 0.2) is 53.0 Å². The summed E-state index contributed by atoms with van der Waals surface area (Å²) in [5, 5.41) is 23.2. The summed E-state index contributed by atoms with van der Waals surface area (Å²) in [5.41, 5.74) is -1.06. The van der Waals surface area contributed by atoms with Gasteiger partial charge in [-0.25, -0.2) is 0 Å². The number of nitrogens with zero attached hydrogens (tertiary/aromatic N) is 1. The van der Waals surface area contributed by atoms with Crippen molar-refractivity contribution in [2.75, 3.05) is 0 Å². The van der Waals surface area contributed by atoms with Gasteiger partial charge in [0, 0.05) is 22.5 Å². The molecule has 4 rings (SSSR count). The molecule has 2 saturated heterocycles. The van der Waals surface area contributed by atoms with Gasteiger partial charge >= 0.3 is 5.97 Å². The van der Waals surface area contributed by atoms with Crippen molar-refractivity contribution in [1.29, 1.82) is 0 Å². The summed E-state index contributed by atoms with van der Waals surface area (Å²) in [6.45, 7) is 5.32. The topological polar surface area (TPSA) is 107 Å². The molecule has 2 amide bonds. The van der Waals surface area contributed by atoms with Crippen LogP contribution in [0.2, 0.25) is 0 Å². The number of halogens is 1. The van der Waals surface area contributed by atoms with Gasteiger partial charge in [0.2, 0.25) is 11.8 Å². The highest BCUT2D eigenvalue weighted by atomic mass is 79.9. The third-order valence-corrected chi connectivity index (χ3v) is 6.88. The molecule has 7 nitrogen and oxygen atoms in total. The molecule has 2 aliphatic heterocycles. The number of aliphatic carboxylic acids is 1. The minimum absolute atomic E-state index is 0.00614. The second-order valence-corrected chi connectivity index (χ2v) is 10.4. The van der Waals surface area contributed by atoms with Crippen LogP contribution in [-0.4, -0.2) is 44.0 Å². The number of aromatic hydroxyl groups is 1. The van der Waals surface area contributed by atoms with Crippen LogP contribution >= 0.6 is 15.9 Å². The molecule has 4 unspecified atom stereocenters. The Hall–Kier alpha value is -2.71. The number of carbonyl (C=O) groups is 3. The number of carboxylic acids is 1. The van der Waals surface area contributed by atoms with E-state index in [0.717, 1.165) is 10.0 Å². The molecular formula is C24H25BrN2O5. The Morgan fingerprint density at radius 1 is 1.06 bits per heavy atom. The van der Waals surface area contributed by atoms with Gasteiger partial charge in [-0.1, -0.05) is 40.2 Å². The Kier molecular flexibility index (Phi) is 5.41. The number of fused-ring (bicyclic) bond motifs is 1. The standard InChI is InChI=1S/C24H25BrN2O5/c1-23(2,3)27-20(29)17-18(21(27)30)24(22(31)32,12-13-4-10-16(28)11-5-13)26-19(17)14-6-8-15(25)9-7-14/h4-11,17-19,26,28H,12H2,1-3H3,(H,31,32). The number of carbonyl (C=O) groups excluding carboxylic acids is 2. The number of likely N-dealkylation sites (tertiary alicyclic amines) is 1. The van der Waals surface area contributed by atoms with E-state index in [1.807, 2.05) is 24.3 Å². The van der Waals surface area contributed by atoms with Gasteiger partial charge in [-0.05, 0) is 56.2 Å². The van der Waals surface area contributed by atoms with E-state index in [-0.39, 0.29) is 18.1 Å². The second-order valence-electron chi connectivity index (χ2n) is 9.48. The van der Waals surface area contributed by atoms with E-state index in [1.54, 1.807) is 32.9 Å². The molecule has 2 heterocycles. The molecule has 2 aliphatic rings. The van der Waals surface area contributed by atoms with Gasteiger partial charge in [-0.3, -0.25) is 24.6 Å². The maximum Gasteiger partial charge on any atom is 0.325 e. The maximum atomic E-state index is 13.6. The first-order valence-corrected chi connectivity index (χ1v) is 11.2. The first kappa shape index (κ1) is 22.5. The molecule has 2 aromatic carbocycles. The predicted octanol–water partition coefficient (Wildman–Crippen LogP) is 3.26. The maximum absolute atomic E-state index is 13.6. The van der Waals surface area contributed by atoms with Crippen molar-refractivity contribution in [3.05, 3.63) is 64.1 Å². The number of hydrogen-bond acceptors (Lipinski definition) is 5. The number of imide groups is 1. The zero-order chi connectivity index (χ0) is 23.4. The Balaban J connectivity index is 1.86.